The largest absolute Gasteiger partial charge is 0.398 e. The minimum Gasteiger partial charge on any atom is -0.398 e. The molecular formula is C12H17N5. The molecule has 0 fully saturated rings. The van der Waals surface area contributed by atoms with Crippen LogP contribution in [0.1, 0.15) is 24.4 Å². The van der Waals surface area contributed by atoms with Crippen molar-refractivity contribution in [1.29, 1.82) is 0 Å². The van der Waals surface area contributed by atoms with Gasteiger partial charge >= 0.3 is 0 Å². The number of nitrogens with zero attached hydrogens (tertiary/aromatic N) is 3. The summed E-state index contributed by atoms with van der Waals surface area (Å²) in [5.74, 6) is 0.937. The first-order valence-corrected chi connectivity index (χ1v) is 5.64. The molecule has 1 unspecified atom stereocenters. The molecule has 1 atom stereocenters. The average Bonchev–Trinajstić information content (AvgIpc) is 2.74. The van der Waals surface area contributed by atoms with Crippen LogP contribution in [-0.4, -0.2) is 21.1 Å². The molecule has 17 heavy (non-hydrogen) atoms. The number of hydrogen-bond donors (Lipinski definition) is 2. The van der Waals surface area contributed by atoms with Gasteiger partial charge in [-0.2, -0.15) is 0 Å². The lowest BCUT2D eigenvalue weighted by Crippen LogP contribution is -2.25. The molecule has 5 nitrogen and oxygen atoms in total. The molecule has 0 aliphatic rings. The van der Waals surface area contributed by atoms with Crippen molar-refractivity contribution < 1.29 is 0 Å². The van der Waals surface area contributed by atoms with E-state index in [1.165, 1.54) is 0 Å². The summed E-state index contributed by atoms with van der Waals surface area (Å²) in [5.41, 5.74) is 7.68. The SMILES string of the molecule is CCNC(c1cnccc1N)c1nccn1C. The molecule has 0 aliphatic heterocycles. The molecule has 3 N–H and O–H groups in total. The van der Waals surface area contributed by atoms with E-state index in [0.717, 1.165) is 23.6 Å². The summed E-state index contributed by atoms with van der Waals surface area (Å²) in [5, 5.41) is 3.38. The Hall–Kier alpha value is -1.88. The van der Waals surface area contributed by atoms with Gasteiger partial charge in [-0.25, -0.2) is 4.98 Å². The second kappa shape index (κ2) is 4.97. The van der Waals surface area contributed by atoms with Gasteiger partial charge in [-0.1, -0.05) is 6.92 Å². The van der Waals surface area contributed by atoms with Crippen molar-refractivity contribution in [1.82, 2.24) is 19.9 Å². The van der Waals surface area contributed by atoms with Gasteiger partial charge in [0.25, 0.3) is 0 Å². The second-order valence-electron chi connectivity index (χ2n) is 3.89. The third-order valence-corrected chi connectivity index (χ3v) is 2.72. The fourth-order valence-electron chi connectivity index (χ4n) is 1.86. The summed E-state index contributed by atoms with van der Waals surface area (Å²) in [4.78, 5) is 8.50. The number of aryl methyl sites for hydroxylation is 1. The zero-order valence-electron chi connectivity index (χ0n) is 10.1. The highest BCUT2D eigenvalue weighted by molar-refractivity contribution is 5.48. The van der Waals surface area contributed by atoms with Crippen LogP contribution in [0.4, 0.5) is 5.69 Å². The summed E-state index contributed by atoms with van der Waals surface area (Å²) >= 11 is 0. The van der Waals surface area contributed by atoms with Crippen molar-refractivity contribution in [2.45, 2.75) is 13.0 Å². The van der Waals surface area contributed by atoms with Crippen LogP contribution >= 0.6 is 0 Å². The van der Waals surface area contributed by atoms with Crippen LogP contribution in [0.2, 0.25) is 0 Å². The quantitative estimate of drug-likeness (QED) is 0.826. The first kappa shape index (κ1) is 11.6. The maximum absolute atomic E-state index is 5.99. The molecule has 0 radical (unpaired) electrons. The molecular weight excluding hydrogens is 214 g/mol. The van der Waals surface area contributed by atoms with Crippen molar-refractivity contribution in [3.05, 3.63) is 42.2 Å². The number of hydrogen-bond acceptors (Lipinski definition) is 4. The molecule has 2 heterocycles. The molecule has 0 aromatic carbocycles. The van der Waals surface area contributed by atoms with E-state index in [0.29, 0.717) is 0 Å². The highest BCUT2D eigenvalue weighted by Crippen LogP contribution is 2.24. The molecule has 2 aromatic heterocycles. The third kappa shape index (κ3) is 2.29. The van der Waals surface area contributed by atoms with Gasteiger partial charge in [0, 0.05) is 43.1 Å². The van der Waals surface area contributed by atoms with Gasteiger partial charge in [0.05, 0.1) is 6.04 Å². The van der Waals surface area contributed by atoms with Crippen molar-refractivity contribution in [3.63, 3.8) is 0 Å². The summed E-state index contributed by atoms with van der Waals surface area (Å²) in [6, 6.07) is 1.79. The topological polar surface area (TPSA) is 68.8 Å². The molecule has 5 heteroatoms. The normalized spacial score (nSPS) is 12.6. The minimum absolute atomic E-state index is 0.0197. The Morgan fingerprint density at radius 1 is 1.47 bits per heavy atom. The molecule has 90 valence electrons. The highest BCUT2D eigenvalue weighted by Gasteiger charge is 2.19. The highest BCUT2D eigenvalue weighted by atomic mass is 15.1. The van der Waals surface area contributed by atoms with Crippen molar-refractivity contribution in [3.8, 4) is 0 Å². The van der Waals surface area contributed by atoms with Gasteiger partial charge in [0.1, 0.15) is 5.82 Å². The molecule has 0 spiro atoms. The predicted octanol–water partition coefficient (Wildman–Crippen LogP) is 1.10. The number of nitrogens with one attached hydrogen (secondary N) is 1. The van der Waals surface area contributed by atoms with Crippen LogP contribution in [0.3, 0.4) is 0 Å². The smallest absolute Gasteiger partial charge is 0.130 e. The van der Waals surface area contributed by atoms with E-state index in [1.807, 2.05) is 23.9 Å². The Morgan fingerprint density at radius 3 is 2.88 bits per heavy atom. The molecule has 2 aromatic rings. The maximum atomic E-state index is 5.99. The Bertz CT molecular complexity index is 491. The number of rotatable bonds is 4. The van der Waals surface area contributed by atoms with E-state index in [2.05, 4.69) is 22.2 Å². The zero-order valence-corrected chi connectivity index (χ0v) is 10.1. The molecule has 0 saturated heterocycles. The van der Waals surface area contributed by atoms with Crippen LogP contribution in [0.25, 0.3) is 0 Å². The van der Waals surface area contributed by atoms with Gasteiger partial charge in [-0.15, -0.1) is 0 Å². The van der Waals surface area contributed by atoms with Crippen molar-refractivity contribution in [2.24, 2.45) is 7.05 Å². The maximum Gasteiger partial charge on any atom is 0.130 e. The first-order valence-electron chi connectivity index (χ1n) is 5.64. The van der Waals surface area contributed by atoms with Gasteiger partial charge in [0.2, 0.25) is 0 Å². The lowest BCUT2D eigenvalue weighted by molar-refractivity contribution is 0.577. The summed E-state index contributed by atoms with van der Waals surface area (Å²) < 4.78 is 1.99. The number of nitrogen functional groups attached to an aromatic ring is 1. The summed E-state index contributed by atoms with van der Waals surface area (Å²) in [7, 11) is 1.97. The predicted molar refractivity (Wildman–Crippen MR) is 67.4 cm³/mol. The molecule has 2 rings (SSSR count). The summed E-state index contributed by atoms with van der Waals surface area (Å²) in [6.07, 6.45) is 7.19. The van der Waals surface area contributed by atoms with Crippen LogP contribution in [-0.2, 0) is 7.05 Å². The lowest BCUT2D eigenvalue weighted by atomic mass is 10.1. The second-order valence-corrected chi connectivity index (χ2v) is 3.89. The molecule has 0 bridgehead atoms. The molecule has 0 aliphatic carbocycles. The first-order chi connectivity index (χ1) is 8.24. The van der Waals surface area contributed by atoms with Gasteiger partial charge in [-0.05, 0) is 12.6 Å². The van der Waals surface area contributed by atoms with E-state index in [9.17, 15) is 0 Å². The van der Waals surface area contributed by atoms with E-state index < -0.39 is 0 Å². The Labute approximate surface area is 101 Å². The average molecular weight is 231 g/mol. The fraction of sp³-hybridized carbons (Fsp3) is 0.333. The van der Waals surface area contributed by atoms with Gasteiger partial charge < -0.3 is 15.6 Å². The molecule has 0 saturated carbocycles. The standard InChI is InChI=1S/C12H17N5/c1-3-15-11(12-16-6-7-17(12)2)9-8-14-5-4-10(9)13/h4-8,11,15H,3H2,1-2H3,(H2,13,14). The number of aromatic nitrogens is 3. The minimum atomic E-state index is -0.0197. The molecule has 0 amide bonds. The number of pyridine rings is 1. The van der Waals surface area contributed by atoms with Crippen LogP contribution in [0.15, 0.2) is 30.9 Å². The lowest BCUT2D eigenvalue weighted by Gasteiger charge is -2.19. The van der Waals surface area contributed by atoms with Gasteiger partial charge in [0.15, 0.2) is 0 Å². The van der Waals surface area contributed by atoms with Crippen LogP contribution in [0.5, 0.6) is 0 Å². The number of anilines is 1. The monoisotopic (exact) mass is 231 g/mol. The van der Waals surface area contributed by atoms with E-state index in [4.69, 9.17) is 5.73 Å². The van der Waals surface area contributed by atoms with Gasteiger partial charge in [-0.3, -0.25) is 4.98 Å². The Kier molecular flexibility index (Phi) is 3.39. The number of imidazole rings is 1. The Morgan fingerprint density at radius 2 is 2.29 bits per heavy atom. The number of nitrogens with two attached hydrogens (primary N) is 1. The van der Waals surface area contributed by atoms with Crippen LogP contribution in [0, 0.1) is 0 Å². The van der Waals surface area contributed by atoms with E-state index >= 15 is 0 Å². The summed E-state index contributed by atoms with van der Waals surface area (Å²) in [6.45, 7) is 2.90. The van der Waals surface area contributed by atoms with E-state index in [-0.39, 0.29) is 6.04 Å². The fourth-order valence-corrected chi connectivity index (χ4v) is 1.86. The third-order valence-electron chi connectivity index (χ3n) is 2.72. The van der Waals surface area contributed by atoms with Crippen molar-refractivity contribution >= 4 is 5.69 Å². The zero-order chi connectivity index (χ0) is 12.3. The van der Waals surface area contributed by atoms with E-state index in [1.54, 1.807) is 18.6 Å². The van der Waals surface area contributed by atoms with Crippen molar-refractivity contribution in [2.75, 3.05) is 12.3 Å². The Balaban J connectivity index is 2.43. The van der Waals surface area contributed by atoms with Crippen LogP contribution < -0.4 is 11.1 Å².